The fraction of sp³-hybridized carbons (Fsp3) is 0.467. The number of carbonyl (C=O) groups excluding carboxylic acids is 2. The molecule has 1 N–H and O–H groups in total. The second kappa shape index (κ2) is 5.87. The maximum absolute atomic E-state index is 11.7. The van der Waals surface area contributed by atoms with Gasteiger partial charge in [-0.1, -0.05) is 32.0 Å². The van der Waals surface area contributed by atoms with Crippen LogP contribution in [0.25, 0.3) is 0 Å². The van der Waals surface area contributed by atoms with Gasteiger partial charge in [0.15, 0.2) is 6.61 Å². The highest BCUT2D eigenvalue weighted by molar-refractivity contribution is 5.93. The van der Waals surface area contributed by atoms with Crippen LogP contribution in [0, 0.1) is 5.92 Å². The molecule has 0 heterocycles. The summed E-state index contributed by atoms with van der Waals surface area (Å²) in [5, 5.41) is 2.79. The summed E-state index contributed by atoms with van der Waals surface area (Å²) in [6.45, 7) is 3.93. The van der Waals surface area contributed by atoms with Gasteiger partial charge in [-0.15, -0.1) is 0 Å². The molecule has 0 atom stereocenters. The van der Waals surface area contributed by atoms with Crippen LogP contribution in [0.2, 0.25) is 0 Å². The average Bonchev–Trinajstić information content (AvgIpc) is 3.20. The molecular weight excluding hydrogens is 242 g/mol. The van der Waals surface area contributed by atoms with Crippen LogP contribution >= 0.6 is 0 Å². The Morgan fingerprint density at radius 3 is 2.63 bits per heavy atom. The first-order valence-electron chi connectivity index (χ1n) is 6.63. The summed E-state index contributed by atoms with van der Waals surface area (Å²) >= 11 is 0. The van der Waals surface area contributed by atoms with Crippen LogP contribution in [0.3, 0.4) is 0 Å². The Morgan fingerprint density at radius 2 is 2.00 bits per heavy atom. The molecule has 1 saturated carbocycles. The quantitative estimate of drug-likeness (QED) is 0.829. The molecule has 4 heteroatoms. The van der Waals surface area contributed by atoms with Gasteiger partial charge in [0.05, 0.1) is 5.92 Å². The molecule has 1 aromatic carbocycles. The van der Waals surface area contributed by atoms with E-state index in [4.69, 9.17) is 4.74 Å². The molecule has 0 spiro atoms. The summed E-state index contributed by atoms with van der Waals surface area (Å²) in [5.74, 6) is -0.198. The zero-order valence-electron chi connectivity index (χ0n) is 11.3. The van der Waals surface area contributed by atoms with Crippen LogP contribution < -0.4 is 5.32 Å². The molecule has 1 aliphatic carbocycles. The smallest absolute Gasteiger partial charge is 0.309 e. The van der Waals surface area contributed by atoms with E-state index in [9.17, 15) is 9.59 Å². The van der Waals surface area contributed by atoms with Gasteiger partial charge in [-0.3, -0.25) is 9.59 Å². The third kappa shape index (κ3) is 3.81. The molecule has 2 rings (SSSR count). The molecule has 1 amide bonds. The van der Waals surface area contributed by atoms with E-state index in [1.54, 1.807) is 0 Å². The highest BCUT2D eigenvalue weighted by Gasteiger charge is 2.31. The highest BCUT2D eigenvalue weighted by atomic mass is 16.5. The maximum Gasteiger partial charge on any atom is 0.309 e. The summed E-state index contributed by atoms with van der Waals surface area (Å²) in [4.78, 5) is 23.1. The lowest BCUT2D eigenvalue weighted by atomic mass is 10.0. The van der Waals surface area contributed by atoms with Gasteiger partial charge >= 0.3 is 5.97 Å². The molecule has 102 valence electrons. The molecule has 19 heavy (non-hydrogen) atoms. The standard InChI is InChI=1S/C15H19NO3/c1-10(2)12-5-3-4-6-13(12)16-14(17)9-19-15(18)11-7-8-11/h3-6,10-11H,7-9H2,1-2H3,(H,16,17). The Labute approximate surface area is 113 Å². The van der Waals surface area contributed by atoms with E-state index < -0.39 is 0 Å². The Hall–Kier alpha value is -1.84. The van der Waals surface area contributed by atoms with Crippen LogP contribution in [0.15, 0.2) is 24.3 Å². The van der Waals surface area contributed by atoms with Crippen LogP contribution in [0.1, 0.15) is 38.2 Å². The van der Waals surface area contributed by atoms with Gasteiger partial charge in [0.2, 0.25) is 0 Å². The number of amides is 1. The van der Waals surface area contributed by atoms with Gasteiger partial charge < -0.3 is 10.1 Å². The molecule has 1 aliphatic rings. The molecule has 1 fully saturated rings. The van der Waals surface area contributed by atoms with Crippen molar-refractivity contribution in [1.29, 1.82) is 0 Å². The topological polar surface area (TPSA) is 55.4 Å². The Kier molecular flexibility index (Phi) is 4.20. The number of hydrogen-bond acceptors (Lipinski definition) is 3. The van der Waals surface area contributed by atoms with Gasteiger partial charge in [0.1, 0.15) is 0 Å². The molecule has 0 saturated heterocycles. The zero-order chi connectivity index (χ0) is 13.8. The van der Waals surface area contributed by atoms with Gasteiger partial charge in [-0.05, 0) is 30.4 Å². The van der Waals surface area contributed by atoms with Crippen molar-refractivity contribution < 1.29 is 14.3 Å². The number of benzene rings is 1. The molecule has 0 radical (unpaired) electrons. The monoisotopic (exact) mass is 261 g/mol. The molecule has 0 bridgehead atoms. The van der Waals surface area contributed by atoms with E-state index in [0.717, 1.165) is 24.1 Å². The van der Waals surface area contributed by atoms with Gasteiger partial charge in [0, 0.05) is 5.69 Å². The van der Waals surface area contributed by atoms with Gasteiger partial charge in [0.25, 0.3) is 5.91 Å². The number of rotatable bonds is 5. The number of carbonyl (C=O) groups is 2. The first-order valence-corrected chi connectivity index (χ1v) is 6.63. The Balaban J connectivity index is 1.89. The minimum Gasteiger partial charge on any atom is -0.455 e. The van der Waals surface area contributed by atoms with E-state index >= 15 is 0 Å². The molecule has 0 aliphatic heterocycles. The predicted octanol–water partition coefficient (Wildman–Crippen LogP) is 2.70. The summed E-state index contributed by atoms with van der Waals surface area (Å²) in [5.41, 5.74) is 1.86. The lowest BCUT2D eigenvalue weighted by Crippen LogP contribution is -2.22. The van der Waals surface area contributed by atoms with Gasteiger partial charge in [-0.2, -0.15) is 0 Å². The summed E-state index contributed by atoms with van der Waals surface area (Å²) in [6, 6.07) is 7.66. The van der Waals surface area contributed by atoms with Crippen LogP contribution in [-0.2, 0) is 14.3 Å². The fourth-order valence-electron chi connectivity index (χ4n) is 1.87. The zero-order valence-corrected chi connectivity index (χ0v) is 11.3. The third-order valence-corrected chi connectivity index (χ3v) is 3.11. The molecule has 1 aromatic rings. The van der Waals surface area contributed by atoms with Crippen LogP contribution in [0.4, 0.5) is 5.69 Å². The maximum atomic E-state index is 11.7. The van der Waals surface area contributed by atoms with Crippen molar-refractivity contribution in [2.24, 2.45) is 5.92 Å². The minimum absolute atomic E-state index is 0.0238. The lowest BCUT2D eigenvalue weighted by Gasteiger charge is -2.13. The van der Waals surface area contributed by atoms with Crippen molar-refractivity contribution in [3.63, 3.8) is 0 Å². The predicted molar refractivity (Wildman–Crippen MR) is 72.8 cm³/mol. The number of para-hydroxylation sites is 1. The van der Waals surface area contributed by atoms with Crippen LogP contribution in [-0.4, -0.2) is 18.5 Å². The third-order valence-electron chi connectivity index (χ3n) is 3.11. The van der Waals surface area contributed by atoms with Crippen molar-refractivity contribution in [2.75, 3.05) is 11.9 Å². The normalized spacial score (nSPS) is 14.3. The first-order chi connectivity index (χ1) is 9.08. The first kappa shape index (κ1) is 13.6. The SMILES string of the molecule is CC(C)c1ccccc1NC(=O)COC(=O)C1CC1. The minimum atomic E-state index is -0.290. The highest BCUT2D eigenvalue weighted by Crippen LogP contribution is 2.30. The van der Waals surface area contributed by atoms with E-state index in [-0.39, 0.29) is 24.4 Å². The number of esters is 1. The van der Waals surface area contributed by atoms with Crippen molar-refractivity contribution in [3.05, 3.63) is 29.8 Å². The molecule has 0 aromatic heterocycles. The molecular formula is C15H19NO3. The van der Waals surface area contributed by atoms with Crippen LogP contribution in [0.5, 0.6) is 0 Å². The Morgan fingerprint density at radius 1 is 1.32 bits per heavy atom. The van der Waals surface area contributed by atoms with E-state index in [2.05, 4.69) is 19.2 Å². The summed E-state index contributed by atoms with van der Waals surface area (Å²) in [7, 11) is 0. The average molecular weight is 261 g/mol. The molecule has 4 nitrogen and oxygen atoms in total. The Bertz CT molecular complexity index is 478. The lowest BCUT2D eigenvalue weighted by molar-refractivity contribution is -0.148. The summed E-state index contributed by atoms with van der Waals surface area (Å²) in [6.07, 6.45) is 1.77. The number of anilines is 1. The number of hydrogen-bond donors (Lipinski definition) is 1. The largest absolute Gasteiger partial charge is 0.455 e. The van der Waals surface area contributed by atoms with E-state index in [1.165, 1.54) is 0 Å². The van der Waals surface area contributed by atoms with E-state index in [0.29, 0.717) is 5.92 Å². The van der Waals surface area contributed by atoms with Crippen molar-refractivity contribution >= 4 is 17.6 Å². The second-order valence-corrected chi connectivity index (χ2v) is 5.17. The van der Waals surface area contributed by atoms with Crippen molar-refractivity contribution in [2.45, 2.75) is 32.6 Å². The number of nitrogens with one attached hydrogen (secondary N) is 1. The summed E-state index contributed by atoms with van der Waals surface area (Å²) < 4.78 is 4.95. The number of ether oxygens (including phenoxy) is 1. The van der Waals surface area contributed by atoms with Crippen molar-refractivity contribution in [1.82, 2.24) is 0 Å². The van der Waals surface area contributed by atoms with E-state index in [1.807, 2.05) is 24.3 Å². The van der Waals surface area contributed by atoms with Gasteiger partial charge in [-0.25, -0.2) is 0 Å². The second-order valence-electron chi connectivity index (χ2n) is 5.17. The fourth-order valence-corrected chi connectivity index (χ4v) is 1.87. The molecule has 0 unspecified atom stereocenters. The van der Waals surface area contributed by atoms with Crippen molar-refractivity contribution in [3.8, 4) is 0 Å².